The molecule has 0 aromatic heterocycles. The smallest absolute Gasteiger partial charge is 0.306 e. The van der Waals surface area contributed by atoms with Crippen molar-refractivity contribution in [1.82, 2.24) is 0 Å². The summed E-state index contributed by atoms with van der Waals surface area (Å²) in [6, 6.07) is 0. The third-order valence-electron chi connectivity index (χ3n) is 11.5. The Morgan fingerprint density at radius 3 is 0.985 bits per heavy atom. The maximum absolute atomic E-state index is 12.8. The molecule has 0 spiro atoms. The first-order chi connectivity index (χ1) is 33.5. The number of carbonyl (C=O) groups is 3. The first kappa shape index (κ1) is 64.1. The van der Waals surface area contributed by atoms with Crippen LogP contribution in [0.15, 0.2) is 109 Å². The van der Waals surface area contributed by atoms with Crippen LogP contribution in [-0.4, -0.2) is 37.2 Å². The first-order valence-corrected chi connectivity index (χ1v) is 27.9. The first-order valence-electron chi connectivity index (χ1n) is 27.9. The van der Waals surface area contributed by atoms with Gasteiger partial charge < -0.3 is 14.2 Å². The molecule has 0 aromatic carbocycles. The van der Waals surface area contributed by atoms with Gasteiger partial charge in [0, 0.05) is 19.3 Å². The summed E-state index contributed by atoms with van der Waals surface area (Å²) < 4.78 is 16.8. The molecule has 0 rings (SSSR count). The molecule has 68 heavy (non-hydrogen) atoms. The molecule has 0 heterocycles. The lowest BCUT2D eigenvalue weighted by Crippen LogP contribution is -2.30. The molecule has 0 aliphatic carbocycles. The summed E-state index contributed by atoms with van der Waals surface area (Å²) in [6.07, 6.45) is 75.1. The number of rotatable bonds is 49. The van der Waals surface area contributed by atoms with Gasteiger partial charge in [0.15, 0.2) is 6.10 Å². The molecule has 0 saturated heterocycles. The largest absolute Gasteiger partial charge is 0.462 e. The summed E-state index contributed by atoms with van der Waals surface area (Å²) in [7, 11) is 0. The maximum Gasteiger partial charge on any atom is 0.306 e. The van der Waals surface area contributed by atoms with Crippen molar-refractivity contribution < 1.29 is 28.6 Å². The van der Waals surface area contributed by atoms with Gasteiger partial charge in [0.2, 0.25) is 0 Å². The standard InChI is InChI=1S/C62H102O6/c1-4-7-10-13-16-19-22-25-27-29-31-33-35-37-40-43-46-49-52-55-61(64)67-58-59(57-66-60(63)54-51-48-45-42-39-24-21-18-15-12-9-6-3)68-62(65)56-53-50-47-44-41-38-36-34-32-30-28-26-23-20-17-14-11-8-5-2/h7-8,10-11,16-17,19-20,25-28,31,33,37,40,46,49,59H,4-6,9,12-15,18,21-24,29-30,32,34-36,38-39,41-45,47-48,50-58H2,1-3H3/b10-7-,11-8-,19-16-,20-17-,27-25-,28-26-,33-31-,40-37-,49-46-. The number of esters is 3. The molecule has 0 fully saturated rings. The second-order valence-corrected chi connectivity index (χ2v) is 18.1. The highest BCUT2D eigenvalue weighted by atomic mass is 16.6. The topological polar surface area (TPSA) is 78.9 Å². The van der Waals surface area contributed by atoms with E-state index in [1.165, 1.54) is 96.3 Å². The van der Waals surface area contributed by atoms with Gasteiger partial charge in [0.05, 0.1) is 0 Å². The summed E-state index contributed by atoms with van der Waals surface area (Å²) in [5, 5.41) is 0. The number of hydrogen-bond acceptors (Lipinski definition) is 6. The quantitative estimate of drug-likeness (QED) is 0.0262. The summed E-state index contributed by atoms with van der Waals surface area (Å²) in [5.74, 6) is -0.997. The Hall–Kier alpha value is -3.93. The van der Waals surface area contributed by atoms with Crippen molar-refractivity contribution in [2.24, 2.45) is 0 Å². The third kappa shape index (κ3) is 53.0. The van der Waals surface area contributed by atoms with Gasteiger partial charge >= 0.3 is 17.9 Å². The second kappa shape index (κ2) is 55.7. The molecule has 0 aliphatic heterocycles. The molecule has 0 saturated carbocycles. The lowest BCUT2D eigenvalue weighted by Gasteiger charge is -2.18. The predicted octanol–water partition coefficient (Wildman–Crippen LogP) is 18.7. The monoisotopic (exact) mass is 943 g/mol. The maximum atomic E-state index is 12.8. The zero-order chi connectivity index (χ0) is 49.3. The highest BCUT2D eigenvalue weighted by Crippen LogP contribution is 2.15. The van der Waals surface area contributed by atoms with Crippen molar-refractivity contribution in [2.45, 2.75) is 252 Å². The minimum absolute atomic E-state index is 0.103. The van der Waals surface area contributed by atoms with Crippen molar-refractivity contribution in [3.05, 3.63) is 109 Å². The zero-order valence-electron chi connectivity index (χ0n) is 44.1. The summed E-state index contributed by atoms with van der Waals surface area (Å²) in [5.41, 5.74) is 0. The normalized spacial score (nSPS) is 12.9. The van der Waals surface area contributed by atoms with E-state index >= 15 is 0 Å². The van der Waals surface area contributed by atoms with Gasteiger partial charge in [-0.15, -0.1) is 0 Å². The molecule has 0 aromatic rings. The van der Waals surface area contributed by atoms with Gasteiger partial charge in [-0.1, -0.05) is 246 Å². The summed E-state index contributed by atoms with van der Waals surface area (Å²) in [6.45, 7) is 6.34. The van der Waals surface area contributed by atoms with Gasteiger partial charge in [-0.2, -0.15) is 0 Å². The number of carbonyl (C=O) groups excluding carboxylic acids is 3. The van der Waals surface area contributed by atoms with Crippen LogP contribution in [0.2, 0.25) is 0 Å². The van der Waals surface area contributed by atoms with Gasteiger partial charge in [0.25, 0.3) is 0 Å². The fourth-order valence-corrected chi connectivity index (χ4v) is 7.42. The van der Waals surface area contributed by atoms with Gasteiger partial charge in [-0.3, -0.25) is 14.4 Å². The van der Waals surface area contributed by atoms with Crippen molar-refractivity contribution in [1.29, 1.82) is 0 Å². The predicted molar refractivity (Wildman–Crippen MR) is 293 cm³/mol. The van der Waals surface area contributed by atoms with Crippen LogP contribution in [0.25, 0.3) is 0 Å². The highest BCUT2D eigenvalue weighted by molar-refractivity contribution is 5.71. The van der Waals surface area contributed by atoms with Crippen LogP contribution in [0.5, 0.6) is 0 Å². The van der Waals surface area contributed by atoms with Crippen LogP contribution < -0.4 is 0 Å². The van der Waals surface area contributed by atoms with Crippen molar-refractivity contribution >= 4 is 17.9 Å². The zero-order valence-corrected chi connectivity index (χ0v) is 44.1. The Bertz CT molecular complexity index is 1410. The van der Waals surface area contributed by atoms with Crippen LogP contribution in [0.1, 0.15) is 245 Å². The molecular formula is C62H102O6. The Balaban J connectivity index is 4.48. The van der Waals surface area contributed by atoms with Crippen molar-refractivity contribution in [3.63, 3.8) is 0 Å². The second-order valence-electron chi connectivity index (χ2n) is 18.1. The summed E-state index contributed by atoms with van der Waals surface area (Å²) >= 11 is 0. The Kier molecular flexibility index (Phi) is 52.4. The molecule has 0 aliphatic rings. The molecule has 0 amide bonds. The van der Waals surface area contributed by atoms with E-state index in [0.29, 0.717) is 19.3 Å². The van der Waals surface area contributed by atoms with Gasteiger partial charge in [-0.05, 0) is 89.9 Å². The van der Waals surface area contributed by atoms with Crippen LogP contribution in [-0.2, 0) is 28.6 Å². The molecule has 6 nitrogen and oxygen atoms in total. The molecule has 6 heteroatoms. The molecule has 0 bridgehead atoms. The SMILES string of the molecule is CC/C=C\C/C=C\C/C=C\C/C=C\C/C=C\C/C=C\CCC(=O)OCC(COC(=O)CCCCCCCCCCCCCC)OC(=O)CCCCCCCCCCC/C=C\C/C=C\C/C=C\CC. The molecule has 0 N–H and O–H groups in total. The van der Waals surface area contributed by atoms with Crippen LogP contribution in [0.3, 0.4) is 0 Å². The van der Waals surface area contributed by atoms with E-state index in [1.807, 2.05) is 6.08 Å². The Morgan fingerprint density at radius 2 is 0.603 bits per heavy atom. The molecular weight excluding hydrogens is 841 g/mol. The highest BCUT2D eigenvalue weighted by Gasteiger charge is 2.19. The minimum atomic E-state index is -0.812. The number of ether oxygens (including phenoxy) is 3. The Labute approximate surface area is 419 Å². The van der Waals surface area contributed by atoms with E-state index in [2.05, 4.69) is 124 Å². The lowest BCUT2D eigenvalue weighted by molar-refractivity contribution is -0.166. The van der Waals surface area contributed by atoms with E-state index in [1.54, 1.807) is 0 Å². The van der Waals surface area contributed by atoms with E-state index < -0.39 is 6.10 Å². The molecule has 0 radical (unpaired) electrons. The lowest BCUT2D eigenvalue weighted by atomic mass is 10.0. The van der Waals surface area contributed by atoms with E-state index in [-0.39, 0.29) is 37.5 Å². The molecule has 386 valence electrons. The molecule has 1 atom stereocenters. The number of hydrogen-bond donors (Lipinski definition) is 0. The Morgan fingerprint density at radius 1 is 0.309 bits per heavy atom. The fourth-order valence-electron chi connectivity index (χ4n) is 7.42. The average Bonchev–Trinajstić information content (AvgIpc) is 3.34. The van der Waals surface area contributed by atoms with E-state index in [0.717, 1.165) is 103 Å². The van der Waals surface area contributed by atoms with Crippen LogP contribution >= 0.6 is 0 Å². The van der Waals surface area contributed by atoms with Gasteiger partial charge in [-0.25, -0.2) is 0 Å². The minimum Gasteiger partial charge on any atom is -0.462 e. The average molecular weight is 943 g/mol. The van der Waals surface area contributed by atoms with E-state index in [9.17, 15) is 14.4 Å². The number of allylic oxidation sites excluding steroid dienone is 18. The summed E-state index contributed by atoms with van der Waals surface area (Å²) in [4.78, 5) is 38.1. The fraction of sp³-hybridized carbons (Fsp3) is 0.661. The van der Waals surface area contributed by atoms with Crippen LogP contribution in [0.4, 0.5) is 0 Å². The van der Waals surface area contributed by atoms with Crippen molar-refractivity contribution in [2.75, 3.05) is 13.2 Å². The van der Waals surface area contributed by atoms with Crippen molar-refractivity contribution in [3.8, 4) is 0 Å². The molecule has 1 unspecified atom stereocenters. The van der Waals surface area contributed by atoms with Crippen LogP contribution in [0, 0.1) is 0 Å². The number of unbranched alkanes of at least 4 members (excludes halogenated alkanes) is 20. The van der Waals surface area contributed by atoms with Gasteiger partial charge in [0.1, 0.15) is 13.2 Å². The van der Waals surface area contributed by atoms with E-state index in [4.69, 9.17) is 14.2 Å². The third-order valence-corrected chi connectivity index (χ3v) is 11.5.